The molecule has 1 aromatic heterocycles. The number of halogens is 1. The molecule has 0 radical (unpaired) electrons. The summed E-state index contributed by atoms with van der Waals surface area (Å²) in [5.74, 6) is 2.75. The molecule has 0 aliphatic carbocycles. The molecule has 6 heteroatoms. The molecule has 19 heavy (non-hydrogen) atoms. The van der Waals surface area contributed by atoms with Crippen LogP contribution >= 0.6 is 12.4 Å². The predicted octanol–water partition coefficient (Wildman–Crippen LogP) is 1.83. The first kappa shape index (κ1) is 13.8. The third-order valence-electron chi connectivity index (χ3n) is 2.95. The lowest BCUT2D eigenvalue weighted by molar-refractivity contribution is 0.278. The third-order valence-corrected chi connectivity index (χ3v) is 2.95. The van der Waals surface area contributed by atoms with Crippen LogP contribution in [0, 0.1) is 5.92 Å². The van der Waals surface area contributed by atoms with Gasteiger partial charge in [-0.2, -0.15) is 4.98 Å². The van der Waals surface area contributed by atoms with Gasteiger partial charge in [-0.3, -0.25) is 0 Å². The lowest BCUT2D eigenvalue weighted by Crippen LogP contribution is -2.43. The standard InChI is InChI=1S/C13H15N3O2.ClH/c1-2-4-11(5-3-1)17-9-12-15-13(18-16-12)6-10-7-14-8-10;/h1-5,10,14H,6-9H2;1H. The van der Waals surface area contributed by atoms with Crippen LogP contribution in [0.15, 0.2) is 34.9 Å². The van der Waals surface area contributed by atoms with Crippen LogP contribution in [0.5, 0.6) is 5.75 Å². The molecule has 0 amide bonds. The van der Waals surface area contributed by atoms with Crippen LogP contribution in [0.4, 0.5) is 0 Å². The Morgan fingerprint density at radius 2 is 2.05 bits per heavy atom. The van der Waals surface area contributed by atoms with E-state index in [1.54, 1.807) is 0 Å². The molecule has 102 valence electrons. The first-order valence-electron chi connectivity index (χ1n) is 6.10. The van der Waals surface area contributed by atoms with Gasteiger partial charge >= 0.3 is 0 Å². The van der Waals surface area contributed by atoms with Crippen LogP contribution in [-0.2, 0) is 13.0 Å². The highest BCUT2D eigenvalue weighted by Gasteiger charge is 2.20. The Kier molecular flexibility index (Phi) is 4.76. The summed E-state index contributed by atoms with van der Waals surface area (Å²) in [6.45, 7) is 2.42. The molecule has 0 atom stereocenters. The van der Waals surface area contributed by atoms with Gasteiger partial charge in [-0.1, -0.05) is 23.4 Å². The van der Waals surface area contributed by atoms with Crippen molar-refractivity contribution >= 4 is 12.4 Å². The van der Waals surface area contributed by atoms with Crippen molar-refractivity contribution in [3.05, 3.63) is 42.0 Å². The number of benzene rings is 1. The average molecular weight is 282 g/mol. The molecule has 5 nitrogen and oxygen atoms in total. The molecular formula is C13H16ClN3O2. The Bertz CT molecular complexity index is 500. The Morgan fingerprint density at radius 3 is 2.74 bits per heavy atom. The molecule has 1 aliphatic rings. The van der Waals surface area contributed by atoms with E-state index in [9.17, 15) is 0 Å². The minimum Gasteiger partial charge on any atom is -0.485 e. The largest absolute Gasteiger partial charge is 0.485 e. The highest BCUT2D eigenvalue weighted by Crippen LogP contribution is 2.13. The van der Waals surface area contributed by atoms with E-state index >= 15 is 0 Å². The van der Waals surface area contributed by atoms with Gasteiger partial charge in [-0.15, -0.1) is 12.4 Å². The lowest BCUT2D eigenvalue weighted by atomic mass is 10.00. The van der Waals surface area contributed by atoms with E-state index in [0.717, 1.165) is 25.3 Å². The molecule has 3 rings (SSSR count). The van der Waals surface area contributed by atoms with Crippen LogP contribution < -0.4 is 10.1 Å². The average Bonchev–Trinajstić information content (AvgIpc) is 2.81. The van der Waals surface area contributed by atoms with Gasteiger partial charge in [0.15, 0.2) is 6.61 Å². The first-order chi connectivity index (χ1) is 8.90. The Hall–Kier alpha value is -1.59. The maximum atomic E-state index is 5.55. The summed E-state index contributed by atoms with van der Waals surface area (Å²) < 4.78 is 10.7. The van der Waals surface area contributed by atoms with Gasteiger partial charge in [0.1, 0.15) is 5.75 Å². The van der Waals surface area contributed by atoms with Gasteiger partial charge in [0.25, 0.3) is 0 Å². The second-order valence-electron chi connectivity index (χ2n) is 4.43. The number of ether oxygens (including phenoxy) is 1. The quantitative estimate of drug-likeness (QED) is 0.906. The maximum Gasteiger partial charge on any atom is 0.227 e. The van der Waals surface area contributed by atoms with Crippen molar-refractivity contribution in [2.75, 3.05) is 13.1 Å². The van der Waals surface area contributed by atoms with E-state index in [1.807, 2.05) is 30.3 Å². The number of hydrogen-bond donors (Lipinski definition) is 1. The molecule has 0 bridgehead atoms. The first-order valence-corrected chi connectivity index (χ1v) is 6.10. The third kappa shape index (κ3) is 3.68. The topological polar surface area (TPSA) is 60.2 Å². The maximum absolute atomic E-state index is 5.55. The molecule has 1 aromatic carbocycles. The normalized spacial score (nSPS) is 14.5. The summed E-state index contributed by atoms with van der Waals surface area (Å²) in [5, 5.41) is 7.13. The summed E-state index contributed by atoms with van der Waals surface area (Å²) in [6.07, 6.45) is 0.853. The lowest BCUT2D eigenvalue weighted by Gasteiger charge is -2.25. The number of rotatable bonds is 5. The zero-order valence-corrected chi connectivity index (χ0v) is 11.2. The van der Waals surface area contributed by atoms with Crippen molar-refractivity contribution in [3.63, 3.8) is 0 Å². The Balaban J connectivity index is 0.00000133. The summed E-state index contributed by atoms with van der Waals surface area (Å²) in [5.41, 5.74) is 0. The number of nitrogens with zero attached hydrogens (tertiary/aromatic N) is 2. The van der Waals surface area contributed by atoms with E-state index in [0.29, 0.717) is 24.2 Å². The number of aromatic nitrogens is 2. The van der Waals surface area contributed by atoms with Crippen molar-refractivity contribution in [1.82, 2.24) is 15.5 Å². The Morgan fingerprint density at radius 1 is 1.26 bits per heavy atom. The summed E-state index contributed by atoms with van der Waals surface area (Å²) >= 11 is 0. The van der Waals surface area contributed by atoms with Gasteiger partial charge < -0.3 is 14.6 Å². The predicted molar refractivity (Wildman–Crippen MR) is 72.4 cm³/mol. The highest BCUT2D eigenvalue weighted by atomic mass is 35.5. The van der Waals surface area contributed by atoms with Crippen LogP contribution in [0.2, 0.25) is 0 Å². The van der Waals surface area contributed by atoms with Crippen LogP contribution in [-0.4, -0.2) is 23.2 Å². The van der Waals surface area contributed by atoms with E-state index in [-0.39, 0.29) is 12.4 Å². The minimum absolute atomic E-state index is 0. The van der Waals surface area contributed by atoms with Crippen molar-refractivity contribution < 1.29 is 9.26 Å². The molecule has 1 N–H and O–H groups in total. The second-order valence-corrected chi connectivity index (χ2v) is 4.43. The van der Waals surface area contributed by atoms with Crippen molar-refractivity contribution in [1.29, 1.82) is 0 Å². The van der Waals surface area contributed by atoms with Gasteiger partial charge in [0.05, 0.1) is 0 Å². The van der Waals surface area contributed by atoms with E-state index in [4.69, 9.17) is 9.26 Å². The molecule has 1 saturated heterocycles. The second kappa shape index (κ2) is 6.54. The number of para-hydroxylation sites is 1. The molecule has 0 saturated carbocycles. The van der Waals surface area contributed by atoms with Gasteiger partial charge in [-0.05, 0) is 31.1 Å². The fourth-order valence-corrected chi connectivity index (χ4v) is 1.84. The zero-order chi connectivity index (χ0) is 12.2. The molecule has 0 spiro atoms. The molecule has 1 aliphatic heterocycles. The van der Waals surface area contributed by atoms with E-state index in [2.05, 4.69) is 15.5 Å². The van der Waals surface area contributed by atoms with Crippen molar-refractivity contribution in [2.24, 2.45) is 5.92 Å². The number of hydrogen-bond acceptors (Lipinski definition) is 5. The van der Waals surface area contributed by atoms with Crippen LogP contribution in [0.3, 0.4) is 0 Å². The zero-order valence-electron chi connectivity index (χ0n) is 10.4. The number of nitrogens with one attached hydrogen (secondary N) is 1. The van der Waals surface area contributed by atoms with Crippen LogP contribution in [0.1, 0.15) is 11.7 Å². The molecular weight excluding hydrogens is 266 g/mol. The molecule has 2 heterocycles. The summed E-state index contributed by atoms with van der Waals surface area (Å²) in [7, 11) is 0. The van der Waals surface area contributed by atoms with E-state index in [1.165, 1.54) is 0 Å². The van der Waals surface area contributed by atoms with E-state index < -0.39 is 0 Å². The monoisotopic (exact) mass is 281 g/mol. The molecule has 1 fully saturated rings. The summed E-state index contributed by atoms with van der Waals surface area (Å²) in [4.78, 5) is 4.32. The van der Waals surface area contributed by atoms with Crippen molar-refractivity contribution in [3.8, 4) is 5.75 Å². The molecule has 0 unspecified atom stereocenters. The molecule has 2 aromatic rings. The van der Waals surface area contributed by atoms with Gasteiger partial charge in [0, 0.05) is 6.42 Å². The summed E-state index contributed by atoms with van der Waals surface area (Å²) in [6, 6.07) is 9.62. The van der Waals surface area contributed by atoms with Gasteiger partial charge in [0.2, 0.25) is 11.7 Å². The smallest absolute Gasteiger partial charge is 0.227 e. The van der Waals surface area contributed by atoms with Gasteiger partial charge in [-0.25, -0.2) is 0 Å². The highest BCUT2D eigenvalue weighted by molar-refractivity contribution is 5.85. The van der Waals surface area contributed by atoms with Crippen molar-refractivity contribution in [2.45, 2.75) is 13.0 Å². The van der Waals surface area contributed by atoms with Crippen LogP contribution in [0.25, 0.3) is 0 Å². The Labute approximate surface area is 117 Å². The SMILES string of the molecule is Cl.c1ccc(OCc2noc(CC3CNC3)n2)cc1. The minimum atomic E-state index is 0. The fraction of sp³-hybridized carbons (Fsp3) is 0.385. The fourth-order valence-electron chi connectivity index (χ4n) is 1.84.